The van der Waals surface area contributed by atoms with Crippen LogP contribution in [-0.4, -0.2) is 41.6 Å². The molecule has 2 aromatic rings. The largest absolute Gasteiger partial charge is 0.454 e. The second kappa shape index (κ2) is 6.84. The quantitative estimate of drug-likeness (QED) is 0.873. The Morgan fingerprint density at radius 3 is 2.89 bits per heavy atom. The van der Waals surface area contributed by atoms with Crippen molar-refractivity contribution in [1.29, 1.82) is 0 Å². The van der Waals surface area contributed by atoms with E-state index in [0.717, 1.165) is 25.9 Å². The van der Waals surface area contributed by atoms with E-state index < -0.39 is 0 Å². The zero-order valence-electron chi connectivity index (χ0n) is 15.3. The molecule has 27 heavy (non-hydrogen) atoms. The number of carbonyl (C=O) groups excluding carboxylic acids is 2. The molecule has 0 spiro atoms. The Labute approximate surface area is 161 Å². The Hall–Kier alpha value is -2.61. The Bertz CT molecular complexity index is 893. The summed E-state index contributed by atoms with van der Waals surface area (Å²) in [6, 6.07) is 5.00. The zero-order valence-corrected chi connectivity index (χ0v) is 16.1. The van der Waals surface area contributed by atoms with Crippen LogP contribution < -0.4 is 14.8 Å². The number of benzene rings is 1. The summed E-state index contributed by atoms with van der Waals surface area (Å²) in [4.78, 5) is 31.3. The van der Waals surface area contributed by atoms with Crippen molar-refractivity contribution in [2.75, 3.05) is 25.2 Å². The second-order valence-corrected chi connectivity index (χ2v) is 8.41. The van der Waals surface area contributed by atoms with E-state index >= 15 is 0 Å². The van der Waals surface area contributed by atoms with Crippen molar-refractivity contribution in [3.05, 3.63) is 34.8 Å². The summed E-state index contributed by atoms with van der Waals surface area (Å²) >= 11 is 1.24. The molecule has 0 bridgehead atoms. The van der Waals surface area contributed by atoms with Crippen molar-refractivity contribution < 1.29 is 19.1 Å². The summed E-state index contributed by atoms with van der Waals surface area (Å²) in [7, 11) is 0. The first-order valence-electron chi connectivity index (χ1n) is 8.87. The summed E-state index contributed by atoms with van der Waals surface area (Å²) in [5, 5.41) is 4.84. The van der Waals surface area contributed by atoms with Crippen LogP contribution in [0.4, 0.5) is 5.13 Å². The monoisotopic (exact) mass is 387 g/mol. The molecule has 4 rings (SSSR count). The van der Waals surface area contributed by atoms with Gasteiger partial charge in [-0.1, -0.05) is 13.8 Å². The van der Waals surface area contributed by atoms with E-state index in [1.54, 1.807) is 23.6 Å². The van der Waals surface area contributed by atoms with Crippen LogP contribution in [0.5, 0.6) is 11.5 Å². The van der Waals surface area contributed by atoms with Crippen molar-refractivity contribution in [1.82, 2.24) is 9.88 Å². The van der Waals surface area contributed by atoms with Gasteiger partial charge >= 0.3 is 0 Å². The molecule has 8 heteroatoms. The molecule has 1 N–H and O–H groups in total. The molecule has 1 fully saturated rings. The average Bonchev–Trinajstić information content (AvgIpc) is 3.28. The van der Waals surface area contributed by atoms with Gasteiger partial charge in [-0.05, 0) is 36.5 Å². The van der Waals surface area contributed by atoms with Crippen LogP contribution in [0.3, 0.4) is 0 Å². The highest BCUT2D eigenvalue weighted by Crippen LogP contribution is 2.33. The minimum atomic E-state index is -0.305. The van der Waals surface area contributed by atoms with Gasteiger partial charge in [0.15, 0.2) is 16.6 Å². The molecule has 0 radical (unpaired) electrons. The first-order valence-corrected chi connectivity index (χ1v) is 9.75. The lowest BCUT2D eigenvalue weighted by Crippen LogP contribution is -2.43. The maximum atomic E-state index is 12.7. The minimum absolute atomic E-state index is 0.0809. The van der Waals surface area contributed by atoms with Crippen LogP contribution >= 0.6 is 11.3 Å². The molecule has 1 aromatic heterocycles. The van der Waals surface area contributed by atoms with Crippen LogP contribution in [0.2, 0.25) is 0 Å². The molecule has 2 aliphatic rings. The van der Waals surface area contributed by atoms with Crippen LogP contribution in [-0.2, 0) is 0 Å². The van der Waals surface area contributed by atoms with Gasteiger partial charge in [-0.25, -0.2) is 4.98 Å². The maximum Gasteiger partial charge on any atom is 0.273 e. The number of hydrogen-bond acceptors (Lipinski definition) is 6. The first kappa shape index (κ1) is 17.8. The topological polar surface area (TPSA) is 80.8 Å². The van der Waals surface area contributed by atoms with E-state index in [4.69, 9.17) is 9.47 Å². The molecular formula is C19H21N3O4S. The molecule has 3 heterocycles. The number of carbonyl (C=O) groups is 2. The smallest absolute Gasteiger partial charge is 0.273 e. The number of nitrogens with zero attached hydrogens (tertiary/aromatic N) is 2. The van der Waals surface area contributed by atoms with Gasteiger partial charge in [-0.2, -0.15) is 0 Å². The number of thiazole rings is 1. The predicted octanol–water partition coefficient (Wildman–Crippen LogP) is 3.39. The lowest BCUT2D eigenvalue weighted by atomic mass is 9.84. The minimum Gasteiger partial charge on any atom is -0.454 e. The van der Waals surface area contributed by atoms with Crippen molar-refractivity contribution in [2.45, 2.75) is 26.7 Å². The summed E-state index contributed by atoms with van der Waals surface area (Å²) in [5.41, 5.74) is 0.944. The number of ether oxygens (including phenoxy) is 2. The fraction of sp³-hybridized carbons (Fsp3) is 0.421. The molecule has 1 saturated heterocycles. The Kier molecular flexibility index (Phi) is 4.51. The normalized spacial score (nSPS) is 17.6. The number of aromatic nitrogens is 1. The van der Waals surface area contributed by atoms with Gasteiger partial charge in [0.1, 0.15) is 5.69 Å². The van der Waals surface area contributed by atoms with Crippen molar-refractivity contribution in [3.63, 3.8) is 0 Å². The highest BCUT2D eigenvalue weighted by atomic mass is 32.1. The molecule has 0 atom stereocenters. The first-order chi connectivity index (χ1) is 12.9. The highest BCUT2D eigenvalue weighted by molar-refractivity contribution is 7.14. The molecule has 1 aromatic carbocycles. The summed E-state index contributed by atoms with van der Waals surface area (Å²) < 4.78 is 10.5. The Morgan fingerprint density at radius 1 is 1.26 bits per heavy atom. The highest BCUT2D eigenvalue weighted by Gasteiger charge is 2.30. The van der Waals surface area contributed by atoms with Crippen molar-refractivity contribution in [3.8, 4) is 11.5 Å². The molecule has 2 aliphatic heterocycles. The summed E-state index contributed by atoms with van der Waals surface area (Å²) in [6.45, 7) is 5.97. The zero-order chi connectivity index (χ0) is 19.0. The fourth-order valence-electron chi connectivity index (χ4n) is 3.40. The molecule has 2 amide bonds. The lowest BCUT2D eigenvalue weighted by molar-refractivity contribution is 0.0578. The molecule has 0 saturated carbocycles. The van der Waals surface area contributed by atoms with Crippen LogP contribution in [0.25, 0.3) is 0 Å². The predicted molar refractivity (Wildman–Crippen MR) is 102 cm³/mol. The third-order valence-corrected chi connectivity index (χ3v) is 5.52. The van der Waals surface area contributed by atoms with E-state index in [1.807, 2.05) is 4.90 Å². The van der Waals surface area contributed by atoms with Crippen LogP contribution in [0.15, 0.2) is 23.6 Å². The van der Waals surface area contributed by atoms with Crippen molar-refractivity contribution >= 4 is 28.3 Å². The van der Waals surface area contributed by atoms with Gasteiger partial charge in [0.05, 0.1) is 0 Å². The SMILES string of the molecule is CC1(C)CCCN(C(=O)c2csc(NC(=O)c3ccc4c(c3)OCO4)n2)C1. The number of fused-ring (bicyclic) bond motifs is 1. The number of piperidine rings is 1. The average molecular weight is 387 g/mol. The third kappa shape index (κ3) is 3.75. The molecule has 142 valence electrons. The Balaban J connectivity index is 1.43. The van der Waals surface area contributed by atoms with Gasteiger partial charge in [0.2, 0.25) is 6.79 Å². The van der Waals surface area contributed by atoms with E-state index in [-0.39, 0.29) is 24.0 Å². The van der Waals surface area contributed by atoms with Gasteiger partial charge in [0.25, 0.3) is 11.8 Å². The number of anilines is 1. The van der Waals surface area contributed by atoms with Gasteiger partial charge in [-0.15, -0.1) is 11.3 Å². The van der Waals surface area contributed by atoms with E-state index in [2.05, 4.69) is 24.1 Å². The molecule has 0 aliphatic carbocycles. The standard InChI is InChI=1S/C19H21N3O4S/c1-19(2)6-3-7-22(10-19)17(24)13-9-27-18(20-13)21-16(23)12-4-5-14-15(8-12)26-11-25-14/h4-5,8-9H,3,6-7,10-11H2,1-2H3,(H,20,21,23). The van der Waals surface area contributed by atoms with E-state index in [9.17, 15) is 9.59 Å². The fourth-order valence-corrected chi connectivity index (χ4v) is 4.07. The van der Waals surface area contributed by atoms with Crippen LogP contribution in [0.1, 0.15) is 47.5 Å². The number of hydrogen-bond donors (Lipinski definition) is 1. The second-order valence-electron chi connectivity index (χ2n) is 7.55. The van der Waals surface area contributed by atoms with Gasteiger partial charge in [0, 0.05) is 24.0 Å². The van der Waals surface area contributed by atoms with Gasteiger partial charge in [-0.3, -0.25) is 14.9 Å². The Morgan fingerprint density at radius 2 is 2.07 bits per heavy atom. The molecular weight excluding hydrogens is 366 g/mol. The summed E-state index contributed by atoms with van der Waals surface area (Å²) in [5.74, 6) is 0.784. The summed E-state index contributed by atoms with van der Waals surface area (Å²) in [6.07, 6.45) is 2.11. The molecule has 0 unspecified atom stereocenters. The third-order valence-electron chi connectivity index (χ3n) is 4.77. The molecule has 7 nitrogen and oxygen atoms in total. The number of likely N-dealkylation sites (tertiary alicyclic amines) is 1. The van der Waals surface area contributed by atoms with E-state index in [0.29, 0.717) is 27.9 Å². The number of nitrogens with one attached hydrogen (secondary N) is 1. The number of rotatable bonds is 3. The van der Waals surface area contributed by atoms with Crippen molar-refractivity contribution in [2.24, 2.45) is 5.41 Å². The maximum absolute atomic E-state index is 12.7. The lowest BCUT2D eigenvalue weighted by Gasteiger charge is -2.37. The van der Waals surface area contributed by atoms with E-state index in [1.165, 1.54) is 11.3 Å². The van der Waals surface area contributed by atoms with Crippen LogP contribution in [0, 0.1) is 5.41 Å². The van der Waals surface area contributed by atoms with Gasteiger partial charge < -0.3 is 14.4 Å². The number of amides is 2.